The summed E-state index contributed by atoms with van der Waals surface area (Å²) in [6, 6.07) is 21.5. The Kier molecular flexibility index (Phi) is 13.9. The molecule has 2 aliphatic heterocycles. The van der Waals surface area contributed by atoms with E-state index in [4.69, 9.17) is 35.9 Å². The Morgan fingerprint density at radius 3 is 2.31 bits per heavy atom. The topological polar surface area (TPSA) is 150 Å². The van der Waals surface area contributed by atoms with Crippen molar-refractivity contribution in [1.82, 2.24) is 34.4 Å². The van der Waals surface area contributed by atoms with E-state index in [1.54, 1.807) is 17.0 Å². The minimum Gasteiger partial charge on any atom is -0.493 e. The summed E-state index contributed by atoms with van der Waals surface area (Å²) in [5.41, 5.74) is 6.80. The highest BCUT2D eigenvalue weighted by Gasteiger charge is 2.33. The van der Waals surface area contributed by atoms with Crippen LogP contribution in [0.15, 0.2) is 72.8 Å². The number of amides is 3. The van der Waals surface area contributed by atoms with Crippen molar-refractivity contribution in [2.24, 2.45) is 7.05 Å². The lowest BCUT2D eigenvalue weighted by atomic mass is 9.89. The van der Waals surface area contributed by atoms with Crippen molar-refractivity contribution in [3.8, 4) is 22.6 Å². The molecule has 9 rings (SSSR count). The summed E-state index contributed by atoms with van der Waals surface area (Å²) in [5, 5.41) is 10.9. The molecule has 2 fully saturated rings. The number of imide groups is 1. The Morgan fingerprint density at radius 2 is 1.59 bits per heavy atom. The van der Waals surface area contributed by atoms with Gasteiger partial charge in [-0.1, -0.05) is 41.9 Å². The Balaban J connectivity index is 0.942. The summed E-state index contributed by atoms with van der Waals surface area (Å²) in [5.74, 6) is -0.827. The number of carbonyl (C=O) groups is 4. The Labute approximate surface area is 417 Å². The molecule has 0 bridgehead atoms. The fourth-order valence-electron chi connectivity index (χ4n) is 10.1. The molecule has 14 nitrogen and oxygen atoms in total. The van der Waals surface area contributed by atoms with E-state index in [0.29, 0.717) is 98.6 Å². The first-order valence-electron chi connectivity index (χ1n) is 24.2. The largest absolute Gasteiger partial charge is 0.493 e. The molecule has 2 aliphatic rings. The Hall–Kier alpha value is -6.84. The van der Waals surface area contributed by atoms with E-state index in [0.717, 1.165) is 60.7 Å². The standard InChI is InChI=1S/C55H59ClFN7O7/c1-32-42(41-19-21-46(65)59-53(41)67)30-36-12-9-15-45(50(36)58-32)70-31-47(66)63-25-22-62(23-26-63)24-27-64-51-40(18-20-43(56)49(51)48-33(2)60-61(7)34(48)3)39(52(64)54(68)71-55(4,5)6)13-10-28-69-44-14-8-11-35-29-37(57)16-17-38(35)44/h8-9,11-12,14-18,20,29-30,41H,10,13,19,21-28,31H2,1-7H3,(H,59,65,67). The average Bonchev–Trinajstić information content (AvgIpc) is 3.78. The van der Waals surface area contributed by atoms with Gasteiger partial charge in [0.15, 0.2) is 6.61 Å². The summed E-state index contributed by atoms with van der Waals surface area (Å²) in [4.78, 5) is 61.7. The molecule has 1 atom stereocenters. The molecule has 0 aliphatic carbocycles. The lowest BCUT2D eigenvalue weighted by Crippen LogP contribution is -2.50. The normalized spacial score (nSPS) is 15.7. The van der Waals surface area contributed by atoms with Gasteiger partial charge in [0.25, 0.3) is 5.91 Å². The number of fused-ring (bicyclic) bond motifs is 3. The third-order valence-corrected chi connectivity index (χ3v) is 13.9. The van der Waals surface area contributed by atoms with Crippen LogP contribution < -0.4 is 14.8 Å². The second-order valence-corrected chi connectivity index (χ2v) is 20.0. The maximum Gasteiger partial charge on any atom is 0.355 e. The maximum absolute atomic E-state index is 14.6. The fourth-order valence-corrected chi connectivity index (χ4v) is 10.4. The van der Waals surface area contributed by atoms with Crippen molar-refractivity contribution in [2.75, 3.05) is 45.9 Å². The third-order valence-electron chi connectivity index (χ3n) is 13.6. The first kappa shape index (κ1) is 49.2. The van der Waals surface area contributed by atoms with Crippen LogP contribution in [0, 0.1) is 26.6 Å². The highest BCUT2D eigenvalue weighted by Crippen LogP contribution is 2.43. The predicted octanol–water partition coefficient (Wildman–Crippen LogP) is 9.17. The van der Waals surface area contributed by atoms with Crippen molar-refractivity contribution in [1.29, 1.82) is 0 Å². The van der Waals surface area contributed by atoms with Crippen LogP contribution >= 0.6 is 11.6 Å². The number of aromatic nitrogens is 4. The molecule has 4 aromatic carbocycles. The smallest absolute Gasteiger partial charge is 0.355 e. The molecule has 71 heavy (non-hydrogen) atoms. The predicted molar refractivity (Wildman–Crippen MR) is 272 cm³/mol. The number of nitrogens with one attached hydrogen (secondary N) is 1. The van der Waals surface area contributed by atoms with Gasteiger partial charge in [-0.05, 0) is 120 Å². The molecule has 3 aromatic heterocycles. The number of ether oxygens (including phenoxy) is 3. The van der Waals surface area contributed by atoms with E-state index in [9.17, 15) is 23.6 Å². The van der Waals surface area contributed by atoms with Crippen molar-refractivity contribution in [3.63, 3.8) is 0 Å². The molecule has 370 valence electrons. The van der Waals surface area contributed by atoms with Crippen molar-refractivity contribution >= 4 is 67.9 Å². The lowest BCUT2D eigenvalue weighted by Gasteiger charge is -2.35. The van der Waals surface area contributed by atoms with Crippen LogP contribution in [0.5, 0.6) is 11.5 Å². The zero-order valence-corrected chi connectivity index (χ0v) is 42.0. The van der Waals surface area contributed by atoms with Gasteiger partial charge in [-0.3, -0.25) is 29.3 Å². The van der Waals surface area contributed by atoms with Crippen LogP contribution in [-0.2, 0) is 39.1 Å². The van der Waals surface area contributed by atoms with E-state index in [2.05, 4.69) is 14.8 Å². The molecular formula is C55H59ClFN7O7. The number of nitrogens with zero attached hydrogens (tertiary/aromatic N) is 6. The van der Waals surface area contributed by atoms with Crippen molar-refractivity contribution in [2.45, 2.75) is 85.3 Å². The summed E-state index contributed by atoms with van der Waals surface area (Å²) in [6.07, 6.45) is 1.75. The van der Waals surface area contributed by atoms with Gasteiger partial charge >= 0.3 is 5.97 Å². The number of aryl methyl sites for hydroxylation is 4. The Morgan fingerprint density at radius 1 is 0.859 bits per heavy atom. The van der Waals surface area contributed by atoms with Gasteiger partial charge in [0.2, 0.25) is 11.8 Å². The minimum absolute atomic E-state index is 0.147. The number of para-hydroxylation sites is 1. The zero-order valence-electron chi connectivity index (χ0n) is 41.3. The zero-order chi connectivity index (χ0) is 50.3. The highest BCUT2D eigenvalue weighted by atomic mass is 35.5. The highest BCUT2D eigenvalue weighted by molar-refractivity contribution is 6.35. The van der Waals surface area contributed by atoms with Gasteiger partial charge in [-0.25, -0.2) is 14.2 Å². The molecule has 0 radical (unpaired) electrons. The first-order valence-corrected chi connectivity index (χ1v) is 24.6. The molecule has 5 heterocycles. The molecule has 0 spiro atoms. The van der Waals surface area contributed by atoms with Crippen molar-refractivity contribution < 1.29 is 37.8 Å². The van der Waals surface area contributed by atoms with Crippen LogP contribution in [0.25, 0.3) is 43.7 Å². The molecule has 1 N–H and O–H groups in total. The quantitative estimate of drug-likeness (QED) is 0.0635. The van der Waals surface area contributed by atoms with Crippen LogP contribution in [0.1, 0.15) is 84.6 Å². The number of halogens is 2. The number of piperazine rings is 1. The third kappa shape index (κ3) is 10.2. The lowest BCUT2D eigenvalue weighted by molar-refractivity contribution is -0.135. The number of rotatable bonds is 14. The number of esters is 1. The monoisotopic (exact) mass is 983 g/mol. The summed E-state index contributed by atoms with van der Waals surface area (Å²) >= 11 is 7.21. The summed E-state index contributed by atoms with van der Waals surface area (Å²) in [7, 11) is 1.91. The molecule has 0 saturated carbocycles. The van der Waals surface area contributed by atoms with Gasteiger partial charge in [0.05, 0.1) is 28.8 Å². The maximum atomic E-state index is 14.6. The van der Waals surface area contributed by atoms with Crippen molar-refractivity contribution in [3.05, 3.63) is 118 Å². The van der Waals surface area contributed by atoms with Crippen LogP contribution in [0.2, 0.25) is 5.02 Å². The van der Waals surface area contributed by atoms with E-state index in [1.165, 1.54) is 12.1 Å². The van der Waals surface area contributed by atoms with Crippen LogP contribution in [-0.4, -0.2) is 104 Å². The first-order chi connectivity index (χ1) is 33.9. The minimum atomic E-state index is -0.777. The van der Waals surface area contributed by atoms with Gasteiger partial charge in [-0.2, -0.15) is 5.10 Å². The molecular weight excluding hydrogens is 925 g/mol. The van der Waals surface area contributed by atoms with Gasteiger partial charge < -0.3 is 23.7 Å². The second-order valence-electron chi connectivity index (χ2n) is 19.5. The molecule has 2 saturated heterocycles. The number of pyridine rings is 1. The Bertz CT molecular complexity index is 3240. The van der Waals surface area contributed by atoms with Gasteiger partial charge in [0, 0.05) is 91.4 Å². The number of hydrogen-bond donors (Lipinski definition) is 1. The van der Waals surface area contributed by atoms with Gasteiger partial charge in [-0.15, -0.1) is 0 Å². The molecule has 7 aromatic rings. The fraction of sp³-hybridized carbons (Fsp3) is 0.382. The number of carbonyl (C=O) groups excluding carboxylic acids is 4. The van der Waals surface area contributed by atoms with E-state index < -0.39 is 17.5 Å². The average molecular weight is 985 g/mol. The number of benzene rings is 4. The van der Waals surface area contributed by atoms with E-state index in [-0.39, 0.29) is 36.6 Å². The van der Waals surface area contributed by atoms with Crippen LogP contribution in [0.4, 0.5) is 4.39 Å². The molecule has 3 amide bonds. The molecule has 16 heteroatoms. The van der Waals surface area contributed by atoms with Gasteiger partial charge in [0.1, 0.15) is 34.1 Å². The van der Waals surface area contributed by atoms with E-state index >= 15 is 0 Å². The number of piperidine rings is 1. The summed E-state index contributed by atoms with van der Waals surface area (Å²) < 4.78 is 36.6. The summed E-state index contributed by atoms with van der Waals surface area (Å²) in [6.45, 7) is 14.7. The molecule has 1 unspecified atom stereocenters. The van der Waals surface area contributed by atoms with Crippen LogP contribution in [0.3, 0.4) is 0 Å². The second kappa shape index (κ2) is 20.1. The number of hydrogen-bond acceptors (Lipinski definition) is 10. The SMILES string of the molecule is Cc1nc2c(OCC(=O)N3CCN(CCn4c(C(=O)OC(C)(C)C)c(CCCOc5cccc6cc(F)ccc56)c5ccc(Cl)c(-c6c(C)nn(C)c6C)c54)CC3)cccc2cc1C1CCC(=O)NC1=O. The van der Waals surface area contributed by atoms with E-state index in [1.807, 2.05) is 102 Å².